The topological polar surface area (TPSA) is 159 Å². The van der Waals surface area contributed by atoms with Crippen LogP contribution in [0.1, 0.15) is 31.7 Å². The van der Waals surface area contributed by atoms with Gasteiger partial charge in [0.2, 0.25) is 20.0 Å². The first-order valence-corrected chi connectivity index (χ1v) is 16.2. The SMILES string of the molecule is CC(C)CN(C[C@@]1(c2ncc(C(O)(C(F)(F)F)C(F)(F)F)cn2)CN(S(=O)(=O)C2=CC(N)=CCC2=S)CCN1)S(C)(=O)=O. The number of sulfonamides is 2. The number of nitrogens with one attached hydrogen (secondary N) is 1. The largest absolute Gasteiger partial charge is 0.430 e. The van der Waals surface area contributed by atoms with Gasteiger partial charge in [-0.1, -0.05) is 32.1 Å². The van der Waals surface area contributed by atoms with Gasteiger partial charge in [-0.05, 0) is 12.0 Å². The van der Waals surface area contributed by atoms with Crippen molar-refractivity contribution in [2.24, 2.45) is 11.7 Å². The highest BCUT2D eigenvalue weighted by Crippen LogP contribution is 2.49. The van der Waals surface area contributed by atoms with Crippen LogP contribution in [0, 0.1) is 5.92 Å². The van der Waals surface area contributed by atoms with E-state index in [9.17, 15) is 48.3 Å². The average Bonchev–Trinajstić information content (AvgIpc) is 2.87. The molecule has 0 saturated carbocycles. The Bertz CT molecular complexity index is 1500. The van der Waals surface area contributed by atoms with Crippen LogP contribution in [0.3, 0.4) is 0 Å². The summed E-state index contributed by atoms with van der Waals surface area (Å²) in [6.07, 6.45) is -8.54. The third-order valence-corrected chi connectivity index (χ3v) is 10.4. The van der Waals surface area contributed by atoms with Crippen molar-refractivity contribution >= 4 is 37.1 Å². The Morgan fingerprint density at radius 1 is 1.14 bits per heavy atom. The van der Waals surface area contributed by atoms with Crippen molar-refractivity contribution in [1.29, 1.82) is 0 Å². The van der Waals surface area contributed by atoms with E-state index in [1.165, 1.54) is 6.08 Å². The van der Waals surface area contributed by atoms with E-state index < -0.39 is 68.0 Å². The van der Waals surface area contributed by atoms with Gasteiger partial charge in [-0.2, -0.15) is 35.0 Å². The summed E-state index contributed by atoms with van der Waals surface area (Å²) in [5.41, 5.74) is -3.00. The minimum absolute atomic E-state index is 0.0510. The Morgan fingerprint density at radius 2 is 1.70 bits per heavy atom. The van der Waals surface area contributed by atoms with Crippen LogP contribution in [-0.2, 0) is 31.2 Å². The first-order chi connectivity index (χ1) is 19.5. The molecule has 0 unspecified atom stereocenters. The van der Waals surface area contributed by atoms with Crippen molar-refractivity contribution < 1.29 is 48.3 Å². The lowest BCUT2D eigenvalue weighted by molar-refractivity contribution is -0.376. The number of aliphatic hydroxyl groups is 1. The standard InChI is InChI=1S/C23H30F6N6O5S3/c1-14(2)11-35(42(3,37)38)13-20(19-31-9-15(10-32-19)21(36,22(24,25)26)23(27,28)29)12-34(7-6-33-20)43(39,40)18-8-16(30)4-5-17(18)41/h4,8-10,14,33,36H,5-7,11-13,30H2,1-3H3/t20-/m1/s1. The van der Waals surface area contributed by atoms with Crippen LogP contribution in [0.4, 0.5) is 26.3 Å². The molecule has 20 heteroatoms. The molecule has 0 aromatic carbocycles. The van der Waals surface area contributed by atoms with E-state index in [1.54, 1.807) is 13.8 Å². The molecule has 1 aromatic rings. The molecular weight excluding hydrogens is 650 g/mol. The molecule has 1 aliphatic carbocycles. The number of hydrogen-bond acceptors (Lipinski definition) is 10. The zero-order valence-corrected chi connectivity index (χ0v) is 25.5. The number of aromatic nitrogens is 2. The van der Waals surface area contributed by atoms with E-state index >= 15 is 0 Å². The second-order valence-electron chi connectivity index (χ2n) is 10.6. The lowest BCUT2D eigenvalue weighted by Crippen LogP contribution is -2.65. The quantitative estimate of drug-likeness (QED) is 0.259. The maximum absolute atomic E-state index is 13.7. The molecule has 2 aliphatic rings. The summed E-state index contributed by atoms with van der Waals surface area (Å²) < 4.78 is 135. The van der Waals surface area contributed by atoms with Crippen LogP contribution in [0.2, 0.25) is 0 Å². The lowest BCUT2D eigenvalue weighted by atomic mass is 9.93. The minimum atomic E-state index is -6.20. The van der Waals surface area contributed by atoms with E-state index in [1.807, 2.05) is 0 Å². The molecule has 1 saturated heterocycles. The summed E-state index contributed by atoms with van der Waals surface area (Å²) in [6.45, 7) is 1.86. The number of rotatable bonds is 9. The predicted octanol–water partition coefficient (Wildman–Crippen LogP) is 1.64. The lowest BCUT2D eigenvalue weighted by Gasteiger charge is -2.44. The molecule has 0 spiro atoms. The van der Waals surface area contributed by atoms with Crippen molar-refractivity contribution in [2.75, 3.05) is 39.0 Å². The summed E-state index contributed by atoms with van der Waals surface area (Å²) in [5, 5.41) is 12.7. The number of thiocarbonyl (C=S) groups is 1. The monoisotopic (exact) mass is 680 g/mol. The van der Waals surface area contributed by atoms with Crippen molar-refractivity contribution in [3.05, 3.63) is 46.5 Å². The van der Waals surface area contributed by atoms with Gasteiger partial charge < -0.3 is 16.2 Å². The van der Waals surface area contributed by atoms with E-state index in [4.69, 9.17) is 18.0 Å². The van der Waals surface area contributed by atoms with Crippen LogP contribution >= 0.6 is 12.2 Å². The number of piperazine rings is 1. The first kappa shape index (κ1) is 35.3. The predicted molar refractivity (Wildman–Crippen MR) is 147 cm³/mol. The highest BCUT2D eigenvalue weighted by atomic mass is 32.2. The van der Waals surface area contributed by atoms with E-state index in [0.717, 1.165) is 20.9 Å². The molecule has 1 aliphatic heterocycles. The molecular formula is C23H30F6N6O5S3. The number of alkyl halides is 6. The molecule has 1 atom stereocenters. The number of nitrogens with zero attached hydrogens (tertiary/aromatic N) is 4. The van der Waals surface area contributed by atoms with Gasteiger partial charge >= 0.3 is 12.4 Å². The van der Waals surface area contributed by atoms with Crippen molar-refractivity contribution in [3.8, 4) is 0 Å². The van der Waals surface area contributed by atoms with Crippen LogP contribution in [0.15, 0.2) is 35.1 Å². The van der Waals surface area contributed by atoms with Crippen LogP contribution in [0.25, 0.3) is 0 Å². The van der Waals surface area contributed by atoms with Crippen molar-refractivity contribution in [3.63, 3.8) is 0 Å². The van der Waals surface area contributed by atoms with E-state index in [-0.39, 0.29) is 59.8 Å². The molecule has 3 rings (SSSR count). The Hall–Kier alpha value is -2.23. The third kappa shape index (κ3) is 7.04. The maximum atomic E-state index is 13.7. The van der Waals surface area contributed by atoms with Gasteiger partial charge in [0.25, 0.3) is 5.60 Å². The fraction of sp³-hybridized carbons (Fsp3) is 0.609. The van der Waals surface area contributed by atoms with Gasteiger partial charge in [0.15, 0.2) is 5.82 Å². The Labute approximate surface area is 249 Å². The van der Waals surface area contributed by atoms with Crippen LogP contribution < -0.4 is 11.1 Å². The third-order valence-electron chi connectivity index (χ3n) is 6.79. The van der Waals surface area contributed by atoms with Gasteiger partial charge in [-0.3, -0.25) is 0 Å². The van der Waals surface area contributed by atoms with E-state index in [0.29, 0.717) is 0 Å². The zero-order chi connectivity index (χ0) is 32.8. The molecule has 0 bridgehead atoms. The second kappa shape index (κ2) is 11.9. The number of nitrogens with two attached hydrogens (primary N) is 1. The average molecular weight is 681 g/mol. The first-order valence-electron chi connectivity index (χ1n) is 12.6. The van der Waals surface area contributed by atoms with Crippen LogP contribution in [0.5, 0.6) is 0 Å². The Morgan fingerprint density at radius 3 is 2.19 bits per heavy atom. The molecule has 242 valence electrons. The summed E-state index contributed by atoms with van der Waals surface area (Å²) in [7, 11) is -8.37. The molecule has 43 heavy (non-hydrogen) atoms. The highest BCUT2D eigenvalue weighted by molar-refractivity contribution is 7.96. The molecule has 11 nitrogen and oxygen atoms in total. The Balaban J connectivity index is 2.18. The summed E-state index contributed by atoms with van der Waals surface area (Å²) in [5.74, 6) is -0.758. The van der Waals surface area contributed by atoms with Gasteiger partial charge in [0.05, 0.1) is 11.2 Å². The van der Waals surface area contributed by atoms with Gasteiger partial charge in [-0.15, -0.1) is 0 Å². The molecule has 0 amide bonds. The molecule has 2 heterocycles. The van der Waals surface area contributed by atoms with Gasteiger partial charge in [0, 0.05) is 67.7 Å². The molecule has 1 fully saturated rings. The zero-order valence-electron chi connectivity index (χ0n) is 23.1. The fourth-order valence-corrected chi connectivity index (χ4v) is 7.76. The van der Waals surface area contributed by atoms with Gasteiger partial charge in [0.1, 0.15) is 5.54 Å². The molecule has 1 aromatic heterocycles. The normalized spacial score (nSPS) is 21.7. The van der Waals surface area contributed by atoms with Crippen molar-refractivity contribution in [2.45, 2.75) is 43.8 Å². The number of allylic oxidation sites excluding steroid dienone is 3. The maximum Gasteiger partial charge on any atom is 0.430 e. The van der Waals surface area contributed by atoms with Gasteiger partial charge in [-0.25, -0.2) is 26.8 Å². The van der Waals surface area contributed by atoms with E-state index in [2.05, 4.69) is 15.3 Å². The summed E-state index contributed by atoms with van der Waals surface area (Å²) in [4.78, 5) is 7.15. The van der Waals surface area contributed by atoms with Crippen LogP contribution in [-0.4, -0.2) is 96.7 Å². The summed E-state index contributed by atoms with van der Waals surface area (Å²) in [6, 6.07) is 0. The number of halogens is 6. The second-order valence-corrected chi connectivity index (χ2v) is 15.0. The molecule has 4 N–H and O–H groups in total. The fourth-order valence-electron chi connectivity index (χ4n) is 4.62. The Kier molecular flexibility index (Phi) is 9.78. The number of hydrogen-bond donors (Lipinski definition) is 3. The molecule has 0 radical (unpaired) electrons. The van der Waals surface area contributed by atoms with Crippen molar-refractivity contribution in [1.82, 2.24) is 23.9 Å². The smallest absolute Gasteiger partial charge is 0.399 e. The minimum Gasteiger partial charge on any atom is -0.399 e. The summed E-state index contributed by atoms with van der Waals surface area (Å²) >= 11 is 5.21. The highest BCUT2D eigenvalue weighted by Gasteiger charge is 2.72.